The van der Waals surface area contributed by atoms with Gasteiger partial charge >= 0.3 is 5.97 Å². The molecule has 0 aliphatic rings. The van der Waals surface area contributed by atoms with E-state index in [1.54, 1.807) is 18.2 Å². The molecule has 0 fully saturated rings. The zero-order chi connectivity index (χ0) is 14.4. The molecule has 0 aromatic heterocycles. The van der Waals surface area contributed by atoms with Gasteiger partial charge in [0.2, 0.25) is 5.91 Å². The quantitative estimate of drug-likeness (QED) is 0.728. The van der Waals surface area contributed by atoms with Gasteiger partial charge in [0.05, 0.1) is 6.42 Å². The Hall–Kier alpha value is -2.04. The van der Waals surface area contributed by atoms with Crippen LogP contribution in [0, 0.1) is 5.92 Å². The lowest BCUT2D eigenvalue weighted by Gasteiger charge is -2.16. The summed E-state index contributed by atoms with van der Waals surface area (Å²) in [5.74, 6) is -1.24. The molecule has 104 valence electrons. The highest BCUT2D eigenvalue weighted by atomic mass is 16.4. The highest BCUT2D eigenvalue weighted by Gasteiger charge is 2.21. The number of phenols is 1. The number of carbonyl (C=O) groups excluding carboxylic acids is 1. The number of nitrogens with one attached hydrogen (secondary N) is 1. The molecule has 0 heterocycles. The average Bonchev–Trinajstić information content (AvgIpc) is 2.30. The zero-order valence-electron chi connectivity index (χ0n) is 11.1. The summed E-state index contributed by atoms with van der Waals surface area (Å²) in [6.45, 7) is 3.79. The van der Waals surface area contributed by atoms with Crippen molar-refractivity contribution in [2.75, 3.05) is 0 Å². The maximum atomic E-state index is 11.8. The minimum absolute atomic E-state index is 0.0332. The monoisotopic (exact) mass is 265 g/mol. The van der Waals surface area contributed by atoms with Crippen molar-refractivity contribution in [2.45, 2.75) is 32.7 Å². The van der Waals surface area contributed by atoms with E-state index in [1.165, 1.54) is 6.07 Å². The van der Waals surface area contributed by atoms with Crippen LogP contribution in [0.15, 0.2) is 24.3 Å². The number of carboxylic acids is 1. The van der Waals surface area contributed by atoms with Gasteiger partial charge in [0, 0.05) is 5.56 Å². The summed E-state index contributed by atoms with van der Waals surface area (Å²) in [5, 5.41) is 21.1. The lowest BCUT2D eigenvalue weighted by Crippen LogP contribution is -2.42. The van der Waals surface area contributed by atoms with Gasteiger partial charge in [-0.2, -0.15) is 0 Å². The maximum absolute atomic E-state index is 11.8. The van der Waals surface area contributed by atoms with E-state index in [-0.39, 0.29) is 18.1 Å². The number of phenolic OH excluding ortho intramolecular Hbond substituents is 1. The maximum Gasteiger partial charge on any atom is 0.326 e. The number of hydrogen-bond acceptors (Lipinski definition) is 3. The van der Waals surface area contributed by atoms with Crippen LogP contribution in [0.25, 0.3) is 0 Å². The Bertz CT molecular complexity index is 457. The molecule has 1 aromatic carbocycles. The second-order valence-corrected chi connectivity index (χ2v) is 4.89. The van der Waals surface area contributed by atoms with E-state index in [0.29, 0.717) is 12.0 Å². The van der Waals surface area contributed by atoms with Crippen LogP contribution in [0.5, 0.6) is 5.75 Å². The normalized spacial score (nSPS) is 12.2. The van der Waals surface area contributed by atoms with Crippen LogP contribution in [0.4, 0.5) is 0 Å². The van der Waals surface area contributed by atoms with Gasteiger partial charge < -0.3 is 15.5 Å². The van der Waals surface area contributed by atoms with Crippen molar-refractivity contribution in [3.05, 3.63) is 29.8 Å². The molecule has 5 nitrogen and oxygen atoms in total. The molecule has 1 aromatic rings. The summed E-state index contributed by atoms with van der Waals surface area (Å²) >= 11 is 0. The van der Waals surface area contributed by atoms with Gasteiger partial charge in [-0.15, -0.1) is 0 Å². The molecule has 0 bridgehead atoms. The van der Waals surface area contributed by atoms with Crippen molar-refractivity contribution < 1.29 is 19.8 Å². The molecular weight excluding hydrogens is 246 g/mol. The average molecular weight is 265 g/mol. The topological polar surface area (TPSA) is 86.6 Å². The molecule has 0 radical (unpaired) electrons. The molecule has 1 rings (SSSR count). The number of carbonyl (C=O) groups is 2. The van der Waals surface area contributed by atoms with E-state index < -0.39 is 17.9 Å². The largest absolute Gasteiger partial charge is 0.508 e. The minimum Gasteiger partial charge on any atom is -0.508 e. The van der Waals surface area contributed by atoms with Crippen molar-refractivity contribution in [3.8, 4) is 5.75 Å². The summed E-state index contributed by atoms with van der Waals surface area (Å²) in [7, 11) is 0. The number of carboxylic acid groups (broad SMARTS) is 1. The lowest BCUT2D eigenvalue weighted by atomic mass is 10.0. The number of para-hydroxylation sites is 1. The smallest absolute Gasteiger partial charge is 0.326 e. The van der Waals surface area contributed by atoms with Crippen LogP contribution in [0.1, 0.15) is 25.8 Å². The van der Waals surface area contributed by atoms with Crippen LogP contribution in [0.3, 0.4) is 0 Å². The first-order valence-electron chi connectivity index (χ1n) is 6.19. The Kier molecular flexibility index (Phi) is 5.36. The number of aliphatic carboxylic acids is 1. The third-order valence-electron chi connectivity index (χ3n) is 2.68. The molecular formula is C14H19NO4. The van der Waals surface area contributed by atoms with Crippen LogP contribution in [-0.2, 0) is 16.0 Å². The first-order chi connectivity index (χ1) is 8.90. The van der Waals surface area contributed by atoms with Crippen LogP contribution in [0.2, 0.25) is 0 Å². The summed E-state index contributed by atoms with van der Waals surface area (Å²) in [6, 6.07) is 5.61. The fourth-order valence-corrected chi connectivity index (χ4v) is 1.77. The number of benzene rings is 1. The van der Waals surface area contributed by atoms with Gasteiger partial charge in [-0.05, 0) is 18.4 Å². The molecule has 0 spiro atoms. The molecule has 3 N–H and O–H groups in total. The Morgan fingerprint density at radius 3 is 2.42 bits per heavy atom. The zero-order valence-corrected chi connectivity index (χ0v) is 11.1. The minimum atomic E-state index is -1.04. The van der Waals surface area contributed by atoms with E-state index in [9.17, 15) is 14.7 Å². The van der Waals surface area contributed by atoms with Crippen LogP contribution < -0.4 is 5.32 Å². The Labute approximate surface area is 112 Å². The fraction of sp³-hybridized carbons (Fsp3) is 0.429. The van der Waals surface area contributed by atoms with E-state index >= 15 is 0 Å². The first-order valence-corrected chi connectivity index (χ1v) is 6.19. The summed E-state index contributed by atoms with van der Waals surface area (Å²) in [6.07, 6.45) is 0.344. The highest BCUT2D eigenvalue weighted by molar-refractivity contribution is 5.85. The predicted molar refractivity (Wildman–Crippen MR) is 70.8 cm³/mol. The fourth-order valence-electron chi connectivity index (χ4n) is 1.77. The number of amides is 1. The molecule has 1 atom stereocenters. The predicted octanol–water partition coefficient (Wildman–Crippen LogP) is 1.55. The molecule has 0 aliphatic carbocycles. The molecule has 5 heteroatoms. The third-order valence-corrected chi connectivity index (χ3v) is 2.68. The van der Waals surface area contributed by atoms with Crippen molar-refractivity contribution in [1.82, 2.24) is 5.32 Å². The number of hydrogen-bond donors (Lipinski definition) is 3. The van der Waals surface area contributed by atoms with Gasteiger partial charge in [0.25, 0.3) is 0 Å². The lowest BCUT2D eigenvalue weighted by molar-refractivity contribution is -0.142. The molecule has 0 saturated heterocycles. The molecule has 0 aliphatic heterocycles. The van der Waals surface area contributed by atoms with E-state index in [0.717, 1.165) is 0 Å². The Balaban J connectivity index is 2.63. The summed E-state index contributed by atoms with van der Waals surface area (Å²) in [5.41, 5.74) is 0.480. The second-order valence-electron chi connectivity index (χ2n) is 4.89. The first kappa shape index (κ1) is 15.0. The van der Waals surface area contributed by atoms with Gasteiger partial charge in [-0.3, -0.25) is 4.79 Å². The number of rotatable bonds is 6. The number of aromatic hydroxyl groups is 1. The van der Waals surface area contributed by atoms with Gasteiger partial charge in [0.1, 0.15) is 11.8 Å². The Morgan fingerprint density at radius 2 is 1.89 bits per heavy atom. The summed E-state index contributed by atoms with van der Waals surface area (Å²) in [4.78, 5) is 22.8. The highest BCUT2D eigenvalue weighted by Crippen LogP contribution is 2.16. The van der Waals surface area contributed by atoms with E-state index in [1.807, 2.05) is 13.8 Å². The second kappa shape index (κ2) is 6.78. The van der Waals surface area contributed by atoms with Crippen LogP contribution >= 0.6 is 0 Å². The summed E-state index contributed by atoms with van der Waals surface area (Å²) < 4.78 is 0. The van der Waals surface area contributed by atoms with Gasteiger partial charge in [-0.1, -0.05) is 32.0 Å². The molecule has 19 heavy (non-hydrogen) atoms. The van der Waals surface area contributed by atoms with Gasteiger partial charge in [0.15, 0.2) is 0 Å². The third kappa shape index (κ3) is 4.99. The van der Waals surface area contributed by atoms with E-state index in [4.69, 9.17) is 5.11 Å². The Morgan fingerprint density at radius 1 is 1.26 bits per heavy atom. The van der Waals surface area contributed by atoms with Crippen molar-refractivity contribution in [3.63, 3.8) is 0 Å². The van der Waals surface area contributed by atoms with Gasteiger partial charge in [-0.25, -0.2) is 4.79 Å². The van der Waals surface area contributed by atoms with Crippen molar-refractivity contribution in [1.29, 1.82) is 0 Å². The van der Waals surface area contributed by atoms with Crippen molar-refractivity contribution >= 4 is 11.9 Å². The molecule has 0 unspecified atom stereocenters. The van der Waals surface area contributed by atoms with Crippen LogP contribution in [-0.4, -0.2) is 28.1 Å². The van der Waals surface area contributed by atoms with E-state index in [2.05, 4.69) is 5.32 Å². The molecule has 0 saturated carbocycles. The van der Waals surface area contributed by atoms with Crippen molar-refractivity contribution in [2.24, 2.45) is 5.92 Å². The molecule has 1 amide bonds. The standard InChI is InChI=1S/C14H19NO4/c1-9(2)7-11(14(18)19)15-13(17)8-10-5-3-4-6-12(10)16/h3-6,9,11,16H,7-8H2,1-2H3,(H,15,17)(H,18,19)/t11-/m0/s1. The SMILES string of the molecule is CC(C)C[C@H](NC(=O)Cc1ccccc1O)C(=O)O.